The lowest BCUT2D eigenvalue weighted by Gasteiger charge is -1.99. The summed E-state index contributed by atoms with van der Waals surface area (Å²) in [7, 11) is 0. The highest BCUT2D eigenvalue weighted by Gasteiger charge is 2.04. The van der Waals surface area contributed by atoms with Gasteiger partial charge in [0, 0.05) is 16.0 Å². The van der Waals surface area contributed by atoms with Crippen LogP contribution < -0.4 is 0 Å². The molecule has 0 saturated heterocycles. The summed E-state index contributed by atoms with van der Waals surface area (Å²) in [5.74, 6) is 0. The van der Waals surface area contributed by atoms with Gasteiger partial charge in [0.05, 0.1) is 12.2 Å². The molecule has 3 rings (SSSR count). The van der Waals surface area contributed by atoms with E-state index in [1.54, 1.807) is 0 Å². The molecule has 0 unspecified atom stereocenters. The summed E-state index contributed by atoms with van der Waals surface area (Å²) < 4.78 is 1.91. The Labute approximate surface area is 129 Å². The summed E-state index contributed by atoms with van der Waals surface area (Å²) in [6.07, 6.45) is 5.19. The number of nitrogens with zero attached hydrogens (tertiary/aromatic N) is 3. The molecule has 4 heteroatoms. The van der Waals surface area contributed by atoms with Crippen LogP contribution in [0.25, 0.3) is 0 Å². The molecule has 0 fully saturated rings. The van der Waals surface area contributed by atoms with Crippen molar-refractivity contribution >= 4 is 11.3 Å². The van der Waals surface area contributed by atoms with Crippen LogP contribution in [0.15, 0.2) is 48.7 Å². The van der Waals surface area contributed by atoms with Gasteiger partial charge in [-0.3, -0.25) is 0 Å². The molecule has 0 aliphatic heterocycles. The Balaban J connectivity index is 1.57. The number of thiophene rings is 1. The minimum Gasteiger partial charge on any atom is -0.248 e. The summed E-state index contributed by atoms with van der Waals surface area (Å²) in [5.41, 5.74) is 2.32. The quantitative estimate of drug-likeness (QED) is 0.694. The van der Waals surface area contributed by atoms with Crippen LogP contribution in [0.4, 0.5) is 0 Å². The maximum absolute atomic E-state index is 4.27. The number of hydrogen-bond acceptors (Lipinski definition) is 3. The van der Waals surface area contributed by atoms with Crippen molar-refractivity contribution in [2.75, 3.05) is 0 Å². The van der Waals surface area contributed by atoms with E-state index in [0.29, 0.717) is 0 Å². The van der Waals surface area contributed by atoms with E-state index in [0.717, 1.165) is 31.5 Å². The maximum Gasteiger partial charge on any atom is 0.0830 e. The highest BCUT2D eigenvalue weighted by molar-refractivity contribution is 7.11. The van der Waals surface area contributed by atoms with Crippen LogP contribution in [0.3, 0.4) is 0 Å². The maximum atomic E-state index is 4.27. The minimum absolute atomic E-state index is 0.785. The molecule has 108 valence electrons. The van der Waals surface area contributed by atoms with Gasteiger partial charge in [0.2, 0.25) is 0 Å². The van der Waals surface area contributed by atoms with Gasteiger partial charge < -0.3 is 0 Å². The standard InChI is InChI=1S/C17H19N3S/c1-2-16-10-11-17(21-16)9-8-15-13-20(19-18-15)12-14-6-4-3-5-7-14/h3-7,10-11,13H,2,8-9,12H2,1H3. The van der Waals surface area contributed by atoms with E-state index in [2.05, 4.69) is 59.8 Å². The van der Waals surface area contributed by atoms with Gasteiger partial charge in [-0.2, -0.15) is 0 Å². The third kappa shape index (κ3) is 3.79. The number of aryl methyl sites for hydroxylation is 3. The normalized spacial score (nSPS) is 10.9. The summed E-state index contributed by atoms with van der Waals surface area (Å²) in [4.78, 5) is 2.89. The Kier molecular flexibility index (Phi) is 4.46. The van der Waals surface area contributed by atoms with E-state index >= 15 is 0 Å². The highest BCUT2D eigenvalue weighted by atomic mass is 32.1. The monoisotopic (exact) mass is 297 g/mol. The van der Waals surface area contributed by atoms with Crippen LogP contribution >= 0.6 is 11.3 Å². The Hall–Kier alpha value is -1.94. The minimum atomic E-state index is 0.785. The van der Waals surface area contributed by atoms with E-state index < -0.39 is 0 Å². The molecular weight excluding hydrogens is 278 g/mol. The fraction of sp³-hybridized carbons (Fsp3) is 0.294. The van der Waals surface area contributed by atoms with Crippen molar-refractivity contribution in [2.24, 2.45) is 0 Å². The van der Waals surface area contributed by atoms with Crippen molar-refractivity contribution in [1.29, 1.82) is 0 Å². The van der Waals surface area contributed by atoms with Gasteiger partial charge in [-0.05, 0) is 37.0 Å². The fourth-order valence-electron chi connectivity index (χ4n) is 2.30. The predicted molar refractivity (Wildman–Crippen MR) is 86.7 cm³/mol. The highest BCUT2D eigenvalue weighted by Crippen LogP contribution is 2.18. The molecular formula is C17H19N3S. The molecule has 0 bridgehead atoms. The van der Waals surface area contributed by atoms with Crippen molar-refractivity contribution in [2.45, 2.75) is 32.7 Å². The van der Waals surface area contributed by atoms with Crippen molar-refractivity contribution in [3.63, 3.8) is 0 Å². The second-order valence-electron chi connectivity index (χ2n) is 5.11. The molecule has 2 heterocycles. The zero-order valence-corrected chi connectivity index (χ0v) is 13.0. The zero-order valence-electron chi connectivity index (χ0n) is 12.2. The average Bonchev–Trinajstić information content (AvgIpc) is 3.15. The van der Waals surface area contributed by atoms with Gasteiger partial charge in [-0.15, -0.1) is 16.4 Å². The van der Waals surface area contributed by atoms with E-state index in [1.807, 2.05) is 22.1 Å². The van der Waals surface area contributed by atoms with Crippen molar-refractivity contribution in [3.8, 4) is 0 Å². The van der Waals surface area contributed by atoms with Crippen LogP contribution in [-0.4, -0.2) is 15.0 Å². The van der Waals surface area contributed by atoms with Crippen LogP contribution in [0.5, 0.6) is 0 Å². The van der Waals surface area contributed by atoms with E-state index in [4.69, 9.17) is 0 Å². The third-order valence-corrected chi connectivity index (χ3v) is 4.76. The molecule has 3 aromatic rings. The first-order valence-corrected chi connectivity index (χ1v) is 8.15. The van der Waals surface area contributed by atoms with Gasteiger partial charge in [0.15, 0.2) is 0 Å². The lowest BCUT2D eigenvalue weighted by Crippen LogP contribution is -1.99. The summed E-state index contributed by atoms with van der Waals surface area (Å²) in [6, 6.07) is 14.8. The number of benzene rings is 1. The largest absolute Gasteiger partial charge is 0.248 e. The molecule has 0 saturated carbocycles. The molecule has 21 heavy (non-hydrogen) atoms. The molecule has 0 N–H and O–H groups in total. The second-order valence-corrected chi connectivity index (χ2v) is 6.37. The summed E-state index contributed by atoms with van der Waals surface area (Å²) >= 11 is 1.91. The van der Waals surface area contributed by atoms with Crippen molar-refractivity contribution < 1.29 is 0 Å². The first-order chi connectivity index (χ1) is 10.3. The molecule has 2 aromatic heterocycles. The van der Waals surface area contributed by atoms with Crippen LogP contribution in [0, 0.1) is 0 Å². The molecule has 3 nitrogen and oxygen atoms in total. The second kappa shape index (κ2) is 6.68. The van der Waals surface area contributed by atoms with Crippen LogP contribution in [-0.2, 0) is 25.8 Å². The number of rotatable bonds is 6. The molecule has 0 spiro atoms. The van der Waals surface area contributed by atoms with Crippen molar-refractivity contribution in [3.05, 3.63) is 69.7 Å². The zero-order chi connectivity index (χ0) is 14.5. The SMILES string of the molecule is CCc1ccc(CCc2cn(Cc3ccccc3)nn2)s1. The first-order valence-electron chi connectivity index (χ1n) is 7.34. The summed E-state index contributed by atoms with van der Waals surface area (Å²) in [6.45, 7) is 2.98. The molecule has 0 atom stereocenters. The third-order valence-electron chi connectivity index (χ3n) is 3.47. The predicted octanol–water partition coefficient (Wildman–Crippen LogP) is 3.74. The van der Waals surface area contributed by atoms with Crippen LogP contribution in [0.2, 0.25) is 0 Å². The van der Waals surface area contributed by atoms with Crippen molar-refractivity contribution in [1.82, 2.24) is 15.0 Å². The fourth-order valence-corrected chi connectivity index (χ4v) is 3.26. The number of hydrogen-bond donors (Lipinski definition) is 0. The van der Waals surface area contributed by atoms with Gasteiger partial charge in [0.1, 0.15) is 0 Å². The Morgan fingerprint density at radius 3 is 2.57 bits per heavy atom. The van der Waals surface area contributed by atoms with E-state index in [1.165, 1.54) is 15.3 Å². The van der Waals surface area contributed by atoms with Crippen LogP contribution in [0.1, 0.15) is 27.9 Å². The smallest absolute Gasteiger partial charge is 0.0830 e. The van der Waals surface area contributed by atoms with Gasteiger partial charge >= 0.3 is 0 Å². The molecule has 0 radical (unpaired) electrons. The lowest BCUT2D eigenvalue weighted by molar-refractivity contribution is 0.649. The van der Waals surface area contributed by atoms with Gasteiger partial charge in [-0.25, -0.2) is 4.68 Å². The molecule has 0 amide bonds. The van der Waals surface area contributed by atoms with Gasteiger partial charge in [-0.1, -0.05) is 42.5 Å². The molecule has 0 aliphatic rings. The van der Waals surface area contributed by atoms with E-state index in [-0.39, 0.29) is 0 Å². The first kappa shape index (κ1) is 14.0. The Bertz CT molecular complexity index is 685. The topological polar surface area (TPSA) is 30.7 Å². The number of aromatic nitrogens is 3. The summed E-state index contributed by atoms with van der Waals surface area (Å²) in [5, 5.41) is 8.49. The Morgan fingerprint density at radius 2 is 1.81 bits per heavy atom. The lowest BCUT2D eigenvalue weighted by atomic mass is 10.2. The van der Waals surface area contributed by atoms with E-state index in [9.17, 15) is 0 Å². The molecule has 0 aliphatic carbocycles. The Morgan fingerprint density at radius 1 is 1.00 bits per heavy atom. The van der Waals surface area contributed by atoms with Gasteiger partial charge in [0.25, 0.3) is 0 Å². The molecule has 1 aromatic carbocycles. The average molecular weight is 297 g/mol.